The Hall–Kier alpha value is -1.76. The van der Waals surface area contributed by atoms with Crippen molar-refractivity contribution < 1.29 is 9.53 Å². The van der Waals surface area contributed by atoms with Gasteiger partial charge in [-0.05, 0) is 12.8 Å². The van der Waals surface area contributed by atoms with Crippen LogP contribution in [-0.4, -0.2) is 47.2 Å². The van der Waals surface area contributed by atoms with Crippen LogP contribution >= 0.6 is 11.6 Å². The number of piperidine rings is 1. The van der Waals surface area contributed by atoms with Gasteiger partial charge >= 0.3 is 6.09 Å². The molecule has 104 valence electrons. The number of carbonyl (C=O) groups excluding carboxylic acids is 1. The summed E-state index contributed by atoms with van der Waals surface area (Å²) in [6.07, 6.45) is 1.35. The van der Waals surface area contributed by atoms with Gasteiger partial charge in [-0.2, -0.15) is 4.98 Å². The average Bonchev–Trinajstić information content (AvgIpc) is 2.37. The van der Waals surface area contributed by atoms with Crippen molar-refractivity contribution in [3.8, 4) is 0 Å². The second-order valence-corrected chi connectivity index (χ2v) is 4.70. The SMILES string of the molecule is COC(=O)N1CCC(Nc2cc(Cl)nc(N)n2)CC1. The minimum atomic E-state index is -0.284. The molecule has 1 aromatic heterocycles. The molecule has 2 heterocycles. The number of methoxy groups -OCH3 is 1. The number of nitrogen functional groups attached to an aromatic ring is 1. The van der Waals surface area contributed by atoms with Crippen molar-refractivity contribution in [2.45, 2.75) is 18.9 Å². The van der Waals surface area contributed by atoms with Crippen molar-refractivity contribution in [3.63, 3.8) is 0 Å². The summed E-state index contributed by atoms with van der Waals surface area (Å²) in [6, 6.07) is 1.86. The first-order valence-corrected chi connectivity index (χ1v) is 6.36. The van der Waals surface area contributed by atoms with E-state index in [9.17, 15) is 4.79 Å². The Bertz CT molecular complexity index is 442. The molecule has 0 unspecified atom stereocenters. The van der Waals surface area contributed by atoms with Crippen LogP contribution in [0.2, 0.25) is 5.15 Å². The van der Waals surface area contributed by atoms with Gasteiger partial charge in [-0.15, -0.1) is 0 Å². The Kier molecular flexibility index (Phi) is 4.26. The summed E-state index contributed by atoms with van der Waals surface area (Å²) in [5.74, 6) is 0.746. The fraction of sp³-hybridized carbons (Fsp3) is 0.545. The Morgan fingerprint density at radius 2 is 2.21 bits per heavy atom. The van der Waals surface area contributed by atoms with E-state index in [0.717, 1.165) is 12.8 Å². The quantitative estimate of drug-likeness (QED) is 0.797. The minimum Gasteiger partial charge on any atom is -0.453 e. The molecular weight excluding hydrogens is 270 g/mol. The molecule has 1 aliphatic heterocycles. The highest BCUT2D eigenvalue weighted by atomic mass is 35.5. The Balaban J connectivity index is 1.90. The van der Waals surface area contributed by atoms with Crippen LogP contribution in [0, 0.1) is 0 Å². The van der Waals surface area contributed by atoms with Gasteiger partial charge in [0.25, 0.3) is 0 Å². The zero-order valence-electron chi connectivity index (χ0n) is 10.6. The van der Waals surface area contributed by atoms with Crippen molar-refractivity contribution in [1.29, 1.82) is 0 Å². The van der Waals surface area contributed by atoms with Crippen LogP contribution in [-0.2, 0) is 4.74 Å². The topological polar surface area (TPSA) is 93.4 Å². The van der Waals surface area contributed by atoms with Crippen molar-refractivity contribution in [1.82, 2.24) is 14.9 Å². The molecule has 1 aromatic rings. The molecule has 0 aliphatic carbocycles. The fourth-order valence-corrected chi connectivity index (χ4v) is 2.24. The van der Waals surface area contributed by atoms with E-state index < -0.39 is 0 Å². The van der Waals surface area contributed by atoms with Gasteiger partial charge < -0.3 is 20.7 Å². The van der Waals surface area contributed by atoms with Crippen LogP contribution in [0.4, 0.5) is 16.6 Å². The monoisotopic (exact) mass is 285 g/mol. The number of aromatic nitrogens is 2. The molecule has 1 fully saturated rings. The summed E-state index contributed by atoms with van der Waals surface area (Å²) in [4.78, 5) is 20.9. The van der Waals surface area contributed by atoms with E-state index in [1.165, 1.54) is 7.11 Å². The molecule has 0 spiro atoms. The lowest BCUT2D eigenvalue weighted by molar-refractivity contribution is 0.113. The molecule has 19 heavy (non-hydrogen) atoms. The van der Waals surface area contributed by atoms with Crippen LogP contribution in [0.1, 0.15) is 12.8 Å². The van der Waals surface area contributed by atoms with Crippen LogP contribution in [0.25, 0.3) is 0 Å². The molecule has 0 bridgehead atoms. The maximum atomic E-state index is 11.3. The van der Waals surface area contributed by atoms with Crippen LogP contribution in [0.3, 0.4) is 0 Å². The van der Waals surface area contributed by atoms with Gasteiger partial charge in [0.1, 0.15) is 11.0 Å². The third kappa shape index (κ3) is 3.60. The number of anilines is 2. The van der Waals surface area contributed by atoms with Crippen molar-refractivity contribution >= 4 is 29.5 Å². The van der Waals surface area contributed by atoms with E-state index in [2.05, 4.69) is 20.0 Å². The smallest absolute Gasteiger partial charge is 0.409 e. The van der Waals surface area contributed by atoms with Crippen molar-refractivity contribution in [2.24, 2.45) is 0 Å². The van der Waals surface area contributed by atoms with Gasteiger partial charge in [0.05, 0.1) is 7.11 Å². The normalized spacial score (nSPS) is 16.2. The summed E-state index contributed by atoms with van der Waals surface area (Å²) in [7, 11) is 1.39. The second-order valence-electron chi connectivity index (χ2n) is 4.31. The number of nitrogens with one attached hydrogen (secondary N) is 1. The number of ether oxygens (including phenoxy) is 1. The average molecular weight is 286 g/mol. The molecular formula is C11H16ClN5O2. The molecule has 8 heteroatoms. The number of rotatable bonds is 2. The second kappa shape index (κ2) is 5.92. The highest BCUT2D eigenvalue weighted by Crippen LogP contribution is 2.18. The van der Waals surface area contributed by atoms with Crippen LogP contribution in [0.15, 0.2) is 6.07 Å². The summed E-state index contributed by atoms with van der Waals surface area (Å²) in [5, 5.41) is 3.55. The van der Waals surface area contributed by atoms with Gasteiger partial charge in [-0.1, -0.05) is 11.6 Å². The highest BCUT2D eigenvalue weighted by Gasteiger charge is 2.23. The first-order chi connectivity index (χ1) is 9.08. The van der Waals surface area contributed by atoms with Crippen LogP contribution in [0.5, 0.6) is 0 Å². The lowest BCUT2D eigenvalue weighted by atomic mass is 10.1. The van der Waals surface area contributed by atoms with E-state index >= 15 is 0 Å². The summed E-state index contributed by atoms with van der Waals surface area (Å²) in [6.45, 7) is 1.30. The molecule has 1 aliphatic rings. The minimum absolute atomic E-state index is 0.141. The van der Waals surface area contributed by atoms with Gasteiger partial charge in [-0.25, -0.2) is 9.78 Å². The lowest BCUT2D eigenvalue weighted by Crippen LogP contribution is -2.42. The van der Waals surface area contributed by atoms with Crippen LogP contribution < -0.4 is 11.1 Å². The fourth-order valence-electron chi connectivity index (χ4n) is 2.05. The summed E-state index contributed by atoms with van der Waals surface area (Å²) < 4.78 is 4.69. The maximum absolute atomic E-state index is 11.3. The number of likely N-dealkylation sites (tertiary alicyclic amines) is 1. The lowest BCUT2D eigenvalue weighted by Gasteiger charge is -2.31. The van der Waals surface area contributed by atoms with Crippen molar-refractivity contribution in [2.75, 3.05) is 31.2 Å². The van der Waals surface area contributed by atoms with E-state index in [0.29, 0.717) is 24.1 Å². The third-order valence-electron chi connectivity index (χ3n) is 2.99. The summed E-state index contributed by atoms with van der Waals surface area (Å²) in [5.41, 5.74) is 5.53. The number of halogens is 1. The van der Waals surface area contributed by atoms with Crippen molar-refractivity contribution in [3.05, 3.63) is 11.2 Å². The standard InChI is InChI=1S/C11H16ClN5O2/c1-19-11(18)17-4-2-7(3-5-17)14-9-6-8(12)15-10(13)16-9/h6-7H,2-5H2,1H3,(H3,13,14,15,16). The maximum Gasteiger partial charge on any atom is 0.409 e. The number of nitrogens with two attached hydrogens (primary N) is 1. The molecule has 7 nitrogen and oxygen atoms in total. The van der Waals surface area contributed by atoms with E-state index in [4.69, 9.17) is 17.3 Å². The van der Waals surface area contributed by atoms with Gasteiger partial charge in [0.2, 0.25) is 5.95 Å². The number of nitrogens with zero attached hydrogens (tertiary/aromatic N) is 3. The molecule has 0 atom stereocenters. The zero-order chi connectivity index (χ0) is 13.8. The van der Waals surface area contributed by atoms with Gasteiger partial charge in [-0.3, -0.25) is 0 Å². The first-order valence-electron chi connectivity index (χ1n) is 5.98. The Morgan fingerprint density at radius 3 is 2.79 bits per heavy atom. The zero-order valence-corrected chi connectivity index (χ0v) is 11.4. The molecule has 2 rings (SSSR count). The van der Waals surface area contributed by atoms with Gasteiger partial charge in [0, 0.05) is 25.2 Å². The summed E-state index contributed by atoms with van der Waals surface area (Å²) >= 11 is 5.81. The van der Waals surface area contributed by atoms with E-state index in [-0.39, 0.29) is 18.1 Å². The molecule has 1 saturated heterocycles. The molecule has 0 radical (unpaired) electrons. The molecule has 3 N–H and O–H groups in total. The number of hydrogen-bond acceptors (Lipinski definition) is 6. The Labute approximate surface area is 116 Å². The predicted octanol–water partition coefficient (Wildman–Crippen LogP) is 1.35. The highest BCUT2D eigenvalue weighted by molar-refractivity contribution is 6.29. The van der Waals surface area contributed by atoms with E-state index in [1.54, 1.807) is 11.0 Å². The Morgan fingerprint density at radius 1 is 1.53 bits per heavy atom. The first kappa shape index (κ1) is 13.7. The molecule has 0 saturated carbocycles. The largest absolute Gasteiger partial charge is 0.453 e. The van der Waals surface area contributed by atoms with Gasteiger partial charge in [0.15, 0.2) is 0 Å². The predicted molar refractivity (Wildman–Crippen MR) is 72.1 cm³/mol. The third-order valence-corrected chi connectivity index (χ3v) is 3.19. The van der Waals surface area contributed by atoms with E-state index in [1.807, 2.05) is 0 Å². The number of amides is 1. The molecule has 1 amide bonds. The molecule has 0 aromatic carbocycles. The number of carbonyl (C=O) groups is 1. The number of hydrogen-bond donors (Lipinski definition) is 2.